The van der Waals surface area contributed by atoms with E-state index in [0.717, 1.165) is 17.7 Å². The van der Waals surface area contributed by atoms with Gasteiger partial charge < -0.3 is 15.0 Å². The van der Waals surface area contributed by atoms with E-state index in [-0.39, 0.29) is 5.97 Å². The van der Waals surface area contributed by atoms with E-state index in [1.807, 2.05) is 36.5 Å². The van der Waals surface area contributed by atoms with Gasteiger partial charge in [0, 0.05) is 23.9 Å². The molecule has 1 unspecified atom stereocenters. The number of allylic oxidation sites excluding steroid dienone is 1. The number of carbonyl (C=O) groups is 1. The predicted octanol–water partition coefficient (Wildman–Crippen LogP) is 3.63. The summed E-state index contributed by atoms with van der Waals surface area (Å²) >= 11 is 0. The second-order valence-corrected chi connectivity index (χ2v) is 5.79. The highest BCUT2D eigenvalue weighted by atomic mass is 16.6. The van der Waals surface area contributed by atoms with E-state index in [1.165, 1.54) is 18.4 Å². The number of cyclic esters (lactones) is 1. The minimum absolute atomic E-state index is 0.295. The molecule has 4 nitrogen and oxygen atoms in total. The molecule has 1 aromatic heterocycles. The summed E-state index contributed by atoms with van der Waals surface area (Å²) in [6, 6.07) is 12.2. The summed E-state index contributed by atoms with van der Waals surface area (Å²) in [7, 11) is 0. The third kappa shape index (κ3) is 3.83. The van der Waals surface area contributed by atoms with Crippen LogP contribution in [0.15, 0.2) is 54.4 Å². The first-order valence-corrected chi connectivity index (χ1v) is 8.15. The quantitative estimate of drug-likeness (QED) is 0.633. The molecule has 1 atom stereocenters. The number of hydrogen-bond donors (Lipinski definition) is 2. The molecule has 1 fully saturated rings. The van der Waals surface area contributed by atoms with Crippen molar-refractivity contribution in [3.8, 4) is 0 Å². The van der Waals surface area contributed by atoms with Crippen molar-refractivity contribution in [1.82, 2.24) is 10.3 Å². The van der Waals surface area contributed by atoms with Crippen molar-refractivity contribution < 1.29 is 9.53 Å². The van der Waals surface area contributed by atoms with Gasteiger partial charge in [-0.15, -0.1) is 0 Å². The first-order chi connectivity index (χ1) is 11.3. The molecule has 2 heterocycles. The third-order valence-electron chi connectivity index (χ3n) is 4.02. The maximum atomic E-state index is 12.0. The molecule has 0 aliphatic carbocycles. The zero-order valence-corrected chi connectivity index (χ0v) is 13.3. The fourth-order valence-electron chi connectivity index (χ4n) is 2.64. The van der Waals surface area contributed by atoms with E-state index in [1.54, 1.807) is 0 Å². The van der Waals surface area contributed by atoms with Crippen LogP contribution in [0.2, 0.25) is 0 Å². The van der Waals surface area contributed by atoms with Crippen LogP contribution < -0.4 is 5.32 Å². The Morgan fingerprint density at radius 1 is 1.22 bits per heavy atom. The second kappa shape index (κ2) is 7.18. The monoisotopic (exact) mass is 310 g/mol. The molecular formula is C19H22N2O2. The van der Waals surface area contributed by atoms with Crippen LogP contribution in [0.25, 0.3) is 0 Å². The van der Waals surface area contributed by atoms with Crippen molar-refractivity contribution in [3.05, 3.63) is 71.2 Å². The van der Waals surface area contributed by atoms with Gasteiger partial charge in [-0.25, -0.2) is 4.79 Å². The third-order valence-corrected chi connectivity index (χ3v) is 4.02. The van der Waals surface area contributed by atoms with Crippen LogP contribution >= 0.6 is 0 Å². The lowest BCUT2D eigenvalue weighted by atomic mass is 10.1. The number of H-pyrrole nitrogens is 1. The van der Waals surface area contributed by atoms with E-state index in [9.17, 15) is 4.79 Å². The summed E-state index contributed by atoms with van der Waals surface area (Å²) in [5.41, 5.74) is 3.89. The number of aromatic nitrogens is 1. The Kier molecular flexibility index (Phi) is 4.81. The van der Waals surface area contributed by atoms with Gasteiger partial charge in [-0.3, -0.25) is 0 Å². The van der Waals surface area contributed by atoms with Crippen molar-refractivity contribution in [1.29, 1.82) is 0 Å². The molecule has 1 aromatic carbocycles. The standard InChI is InChI=1S/C19H22N2O2/c1-2-3-5-14-7-9-15(10-8-14)18-21-17(19(22)23-18)12-11-16-6-4-13-20-16/h4,6-10,12-13,18,20-21H,2-3,5,11H2,1H3/b17-12+. The average molecular weight is 310 g/mol. The largest absolute Gasteiger partial charge is 0.433 e. The molecular weight excluding hydrogens is 288 g/mol. The van der Waals surface area contributed by atoms with Gasteiger partial charge >= 0.3 is 5.97 Å². The van der Waals surface area contributed by atoms with Gasteiger partial charge in [0.25, 0.3) is 0 Å². The summed E-state index contributed by atoms with van der Waals surface area (Å²) < 4.78 is 5.42. The molecule has 0 saturated carbocycles. The molecule has 0 bridgehead atoms. The fraction of sp³-hybridized carbons (Fsp3) is 0.316. The van der Waals surface area contributed by atoms with Crippen molar-refractivity contribution >= 4 is 5.97 Å². The van der Waals surface area contributed by atoms with Crippen LogP contribution in [-0.2, 0) is 22.4 Å². The molecule has 120 valence electrons. The van der Waals surface area contributed by atoms with E-state index in [2.05, 4.69) is 29.4 Å². The van der Waals surface area contributed by atoms with Crippen molar-refractivity contribution in [2.75, 3.05) is 0 Å². The van der Waals surface area contributed by atoms with Gasteiger partial charge in [0.2, 0.25) is 0 Å². The summed E-state index contributed by atoms with van der Waals surface area (Å²) in [5, 5.41) is 3.16. The van der Waals surface area contributed by atoms with Gasteiger partial charge in [0.1, 0.15) is 5.70 Å². The maximum Gasteiger partial charge on any atom is 0.356 e. The zero-order chi connectivity index (χ0) is 16.1. The number of rotatable bonds is 6. The summed E-state index contributed by atoms with van der Waals surface area (Å²) in [4.78, 5) is 15.1. The van der Waals surface area contributed by atoms with Crippen molar-refractivity contribution in [2.24, 2.45) is 0 Å². The molecule has 1 saturated heterocycles. The van der Waals surface area contributed by atoms with Crippen molar-refractivity contribution in [3.63, 3.8) is 0 Å². The highest BCUT2D eigenvalue weighted by molar-refractivity contribution is 5.89. The Morgan fingerprint density at radius 3 is 2.74 bits per heavy atom. The molecule has 0 spiro atoms. The molecule has 1 aliphatic rings. The maximum absolute atomic E-state index is 12.0. The smallest absolute Gasteiger partial charge is 0.356 e. The first kappa shape index (κ1) is 15.4. The zero-order valence-electron chi connectivity index (χ0n) is 13.3. The topological polar surface area (TPSA) is 54.1 Å². The number of benzene rings is 1. The second-order valence-electron chi connectivity index (χ2n) is 5.79. The van der Waals surface area contributed by atoms with Crippen LogP contribution in [0.4, 0.5) is 0 Å². The van der Waals surface area contributed by atoms with E-state index in [0.29, 0.717) is 12.1 Å². The number of ether oxygens (including phenoxy) is 1. The predicted molar refractivity (Wildman–Crippen MR) is 89.6 cm³/mol. The normalized spacial score (nSPS) is 18.9. The van der Waals surface area contributed by atoms with Crippen LogP contribution in [-0.4, -0.2) is 11.0 Å². The Labute approximate surface area is 136 Å². The molecule has 0 amide bonds. The number of carbonyl (C=O) groups excluding carboxylic acids is 1. The van der Waals surface area contributed by atoms with Gasteiger partial charge in [0.05, 0.1) is 0 Å². The lowest BCUT2D eigenvalue weighted by molar-refractivity contribution is -0.139. The average Bonchev–Trinajstić information content (AvgIpc) is 3.21. The van der Waals surface area contributed by atoms with Gasteiger partial charge in [-0.05, 0) is 36.6 Å². The lowest BCUT2D eigenvalue weighted by Crippen LogP contribution is -2.13. The molecule has 3 rings (SSSR count). The van der Waals surface area contributed by atoms with Gasteiger partial charge in [0.15, 0.2) is 6.23 Å². The number of aryl methyl sites for hydroxylation is 1. The minimum atomic E-state index is -0.391. The van der Waals surface area contributed by atoms with E-state index < -0.39 is 6.23 Å². The summed E-state index contributed by atoms with van der Waals surface area (Å²) in [5.74, 6) is -0.295. The Morgan fingerprint density at radius 2 is 2.04 bits per heavy atom. The number of unbranched alkanes of at least 4 members (excludes halogenated alkanes) is 1. The first-order valence-electron chi connectivity index (χ1n) is 8.15. The molecule has 1 aliphatic heterocycles. The molecule has 2 N–H and O–H groups in total. The number of hydrogen-bond acceptors (Lipinski definition) is 3. The van der Waals surface area contributed by atoms with Crippen LogP contribution in [0.3, 0.4) is 0 Å². The Balaban J connectivity index is 1.63. The van der Waals surface area contributed by atoms with Crippen LogP contribution in [0, 0.1) is 0 Å². The minimum Gasteiger partial charge on any atom is -0.433 e. The highest BCUT2D eigenvalue weighted by Gasteiger charge is 2.28. The summed E-state index contributed by atoms with van der Waals surface area (Å²) in [6.45, 7) is 2.19. The van der Waals surface area contributed by atoms with Gasteiger partial charge in [-0.1, -0.05) is 37.6 Å². The van der Waals surface area contributed by atoms with Crippen LogP contribution in [0.5, 0.6) is 0 Å². The molecule has 23 heavy (non-hydrogen) atoms. The van der Waals surface area contributed by atoms with E-state index in [4.69, 9.17) is 4.74 Å². The fourth-order valence-corrected chi connectivity index (χ4v) is 2.64. The van der Waals surface area contributed by atoms with Crippen LogP contribution in [0.1, 0.15) is 42.8 Å². The number of esters is 1. The Hall–Kier alpha value is -2.49. The van der Waals surface area contributed by atoms with Gasteiger partial charge in [-0.2, -0.15) is 0 Å². The SMILES string of the molecule is CCCCc1ccc(C2N/C(=C/Cc3ccc[nH]3)C(=O)O2)cc1. The number of nitrogens with one attached hydrogen (secondary N) is 2. The highest BCUT2D eigenvalue weighted by Crippen LogP contribution is 2.24. The summed E-state index contributed by atoms with van der Waals surface area (Å²) in [6.07, 6.45) is 7.50. The lowest BCUT2D eigenvalue weighted by Gasteiger charge is -2.10. The van der Waals surface area contributed by atoms with E-state index >= 15 is 0 Å². The van der Waals surface area contributed by atoms with Crippen molar-refractivity contribution in [2.45, 2.75) is 38.8 Å². The molecule has 2 aromatic rings. The molecule has 0 radical (unpaired) electrons. The number of aromatic amines is 1. The molecule has 4 heteroatoms. The Bertz CT molecular complexity index is 672.